The lowest BCUT2D eigenvalue weighted by molar-refractivity contribution is 0.286. The molecule has 0 amide bonds. The molecular formula is C12H18FNO. The highest BCUT2D eigenvalue weighted by atomic mass is 19.1. The van der Waals surface area contributed by atoms with E-state index < -0.39 is 0 Å². The van der Waals surface area contributed by atoms with Gasteiger partial charge in [-0.2, -0.15) is 0 Å². The second-order valence-electron chi connectivity index (χ2n) is 3.80. The Morgan fingerprint density at radius 1 is 1.27 bits per heavy atom. The third-order valence-corrected chi connectivity index (χ3v) is 2.34. The van der Waals surface area contributed by atoms with Crippen LogP contribution in [-0.2, 0) is 6.54 Å². The van der Waals surface area contributed by atoms with Crippen molar-refractivity contribution in [2.75, 3.05) is 13.2 Å². The first kappa shape index (κ1) is 12.1. The second kappa shape index (κ2) is 5.83. The number of hydrogen-bond acceptors (Lipinski definition) is 2. The van der Waals surface area contributed by atoms with E-state index in [-0.39, 0.29) is 12.4 Å². The van der Waals surface area contributed by atoms with Crippen LogP contribution in [0.25, 0.3) is 0 Å². The summed E-state index contributed by atoms with van der Waals surface area (Å²) in [5, 5.41) is 11.8. The summed E-state index contributed by atoms with van der Waals surface area (Å²) in [6.07, 6.45) is 0.749. The maximum Gasteiger partial charge on any atom is 0.129 e. The minimum absolute atomic E-state index is 0.117. The molecular weight excluding hydrogens is 193 g/mol. The summed E-state index contributed by atoms with van der Waals surface area (Å²) in [5.74, 6) is -0.117. The fourth-order valence-corrected chi connectivity index (χ4v) is 1.57. The number of nitrogens with one attached hydrogen (secondary N) is 1. The summed E-state index contributed by atoms with van der Waals surface area (Å²) in [6.45, 7) is 5.27. The van der Waals surface area contributed by atoms with Gasteiger partial charge in [-0.25, -0.2) is 4.39 Å². The normalized spacial score (nSPS) is 10.7. The molecule has 0 saturated carbocycles. The molecule has 0 radical (unpaired) electrons. The summed E-state index contributed by atoms with van der Waals surface area (Å²) in [5.41, 5.74) is 2.47. The number of benzene rings is 1. The number of aryl methyl sites for hydroxylation is 2. The Bertz CT molecular complexity index is 302. The van der Waals surface area contributed by atoms with Crippen LogP contribution in [0, 0.1) is 19.7 Å². The fraction of sp³-hybridized carbons (Fsp3) is 0.500. The Kier molecular flexibility index (Phi) is 4.72. The lowest BCUT2D eigenvalue weighted by Gasteiger charge is -2.07. The van der Waals surface area contributed by atoms with Crippen molar-refractivity contribution in [1.29, 1.82) is 0 Å². The van der Waals surface area contributed by atoms with Gasteiger partial charge in [0.15, 0.2) is 0 Å². The molecule has 0 fully saturated rings. The van der Waals surface area contributed by atoms with E-state index in [0.29, 0.717) is 11.1 Å². The van der Waals surface area contributed by atoms with Crippen molar-refractivity contribution in [2.24, 2.45) is 0 Å². The molecule has 3 heteroatoms. The van der Waals surface area contributed by atoms with E-state index >= 15 is 0 Å². The molecule has 2 N–H and O–H groups in total. The third kappa shape index (κ3) is 3.61. The Morgan fingerprint density at radius 2 is 1.87 bits per heavy atom. The van der Waals surface area contributed by atoms with Gasteiger partial charge in [0.25, 0.3) is 0 Å². The summed E-state index contributed by atoms with van der Waals surface area (Å²) in [4.78, 5) is 0. The van der Waals surface area contributed by atoms with Gasteiger partial charge in [-0.3, -0.25) is 0 Å². The number of rotatable bonds is 5. The number of aliphatic hydroxyl groups excluding tert-OH is 1. The van der Waals surface area contributed by atoms with Crippen LogP contribution >= 0.6 is 0 Å². The van der Waals surface area contributed by atoms with Crippen molar-refractivity contribution in [3.8, 4) is 0 Å². The maximum absolute atomic E-state index is 13.3. The van der Waals surface area contributed by atoms with Gasteiger partial charge >= 0.3 is 0 Å². The lowest BCUT2D eigenvalue weighted by Crippen LogP contribution is -2.16. The van der Waals surface area contributed by atoms with Crippen molar-refractivity contribution in [3.63, 3.8) is 0 Å². The van der Waals surface area contributed by atoms with Gasteiger partial charge in [-0.1, -0.05) is 12.1 Å². The molecule has 0 aromatic heterocycles. The number of hydrogen-bond donors (Lipinski definition) is 2. The predicted octanol–water partition coefficient (Wildman–Crippen LogP) is 1.91. The van der Waals surface area contributed by atoms with Gasteiger partial charge in [0.1, 0.15) is 5.82 Å². The second-order valence-corrected chi connectivity index (χ2v) is 3.80. The molecule has 0 saturated heterocycles. The first-order valence-corrected chi connectivity index (χ1v) is 5.22. The van der Waals surface area contributed by atoms with Crippen molar-refractivity contribution >= 4 is 0 Å². The zero-order chi connectivity index (χ0) is 11.3. The molecule has 0 unspecified atom stereocenters. The average Bonchev–Trinajstić information content (AvgIpc) is 2.21. The molecule has 2 nitrogen and oxygen atoms in total. The first-order chi connectivity index (χ1) is 7.15. The van der Waals surface area contributed by atoms with Gasteiger partial charge < -0.3 is 10.4 Å². The minimum Gasteiger partial charge on any atom is -0.396 e. The first-order valence-electron chi connectivity index (χ1n) is 5.22. The van der Waals surface area contributed by atoms with Gasteiger partial charge in [0.2, 0.25) is 0 Å². The monoisotopic (exact) mass is 211 g/mol. The van der Waals surface area contributed by atoms with Crippen molar-refractivity contribution in [2.45, 2.75) is 26.8 Å². The van der Waals surface area contributed by atoms with Crippen LogP contribution in [0.3, 0.4) is 0 Å². The van der Waals surface area contributed by atoms with E-state index in [0.717, 1.165) is 25.1 Å². The number of halogens is 1. The third-order valence-electron chi connectivity index (χ3n) is 2.34. The summed E-state index contributed by atoms with van der Waals surface area (Å²) >= 11 is 0. The molecule has 0 heterocycles. The van der Waals surface area contributed by atoms with Gasteiger partial charge in [-0.05, 0) is 43.5 Å². The molecule has 1 aromatic carbocycles. The van der Waals surface area contributed by atoms with E-state index in [4.69, 9.17) is 5.11 Å². The van der Waals surface area contributed by atoms with Crippen LogP contribution in [-0.4, -0.2) is 18.3 Å². The van der Waals surface area contributed by atoms with Crippen LogP contribution in [0.4, 0.5) is 4.39 Å². The SMILES string of the molecule is Cc1cc(CNCCCO)cc(C)c1F. The summed E-state index contributed by atoms with van der Waals surface area (Å²) in [6, 6.07) is 3.71. The van der Waals surface area contributed by atoms with Crippen LogP contribution < -0.4 is 5.32 Å². The molecule has 0 bridgehead atoms. The molecule has 1 aromatic rings. The average molecular weight is 211 g/mol. The zero-order valence-electron chi connectivity index (χ0n) is 9.31. The van der Waals surface area contributed by atoms with E-state index in [2.05, 4.69) is 5.32 Å². The lowest BCUT2D eigenvalue weighted by atomic mass is 10.1. The van der Waals surface area contributed by atoms with E-state index in [9.17, 15) is 4.39 Å². The summed E-state index contributed by atoms with van der Waals surface area (Å²) in [7, 11) is 0. The van der Waals surface area contributed by atoms with Crippen molar-refractivity contribution < 1.29 is 9.50 Å². The fourth-order valence-electron chi connectivity index (χ4n) is 1.57. The highest BCUT2D eigenvalue weighted by molar-refractivity contribution is 5.30. The summed E-state index contributed by atoms with van der Waals surface area (Å²) < 4.78 is 13.3. The molecule has 0 aliphatic rings. The molecule has 15 heavy (non-hydrogen) atoms. The largest absolute Gasteiger partial charge is 0.396 e. The Morgan fingerprint density at radius 3 is 2.40 bits per heavy atom. The van der Waals surface area contributed by atoms with Crippen LogP contribution in [0.1, 0.15) is 23.1 Å². The Hall–Kier alpha value is -0.930. The smallest absolute Gasteiger partial charge is 0.129 e. The minimum atomic E-state index is -0.117. The number of aliphatic hydroxyl groups is 1. The Labute approximate surface area is 90.1 Å². The standard InChI is InChI=1S/C12H18FNO/c1-9-6-11(7-10(2)12(9)13)8-14-4-3-5-15/h6-7,14-15H,3-5,8H2,1-2H3. The molecule has 0 atom stereocenters. The highest BCUT2D eigenvalue weighted by Gasteiger charge is 2.03. The molecule has 0 aliphatic heterocycles. The molecule has 1 rings (SSSR count). The van der Waals surface area contributed by atoms with Crippen molar-refractivity contribution in [1.82, 2.24) is 5.32 Å². The van der Waals surface area contributed by atoms with Gasteiger partial charge in [0, 0.05) is 13.2 Å². The maximum atomic E-state index is 13.3. The molecule has 84 valence electrons. The Balaban J connectivity index is 2.55. The quantitative estimate of drug-likeness (QED) is 0.729. The van der Waals surface area contributed by atoms with Crippen LogP contribution in [0.15, 0.2) is 12.1 Å². The van der Waals surface area contributed by atoms with Crippen molar-refractivity contribution in [3.05, 3.63) is 34.6 Å². The predicted molar refractivity (Wildman–Crippen MR) is 59.3 cm³/mol. The van der Waals surface area contributed by atoms with Crippen LogP contribution in [0.5, 0.6) is 0 Å². The van der Waals surface area contributed by atoms with E-state index in [1.807, 2.05) is 12.1 Å². The van der Waals surface area contributed by atoms with E-state index in [1.54, 1.807) is 13.8 Å². The van der Waals surface area contributed by atoms with Gasteiger partial charge in [0.05, 0.1) is 0 Å². The van der Waals surface area contributed by atoms with Gasteiger partial charge in [-0.15, -0.1) is 0 Å². The van der Waals surface area contributed by atoms with E-state index in [1.165, 1.54) is 0 Å². The van der Waals surface area contributed by atoms with Crippen LogP contribution in [0.2, 0.25) is 0 Å². The molecule has 0 spiro atoms. The highest BCUT2D eigenvalue weighted by Crippen LogP contribution is 2.14. The zero-order valence-corrected chi connectivity index (χ0v) is 9.31. The topological polar surface area (TPSA) is 32.3 Å². The molecule has 0 aliphatic carbocycles.